The normalized spacial score (nSPS) is 15.3. The molecule has 1 amide bonds. The highest BCUT2D eigenvalue weighted by Crippen LogP contribution is 2.21. The van der Waals surface area contributed by atoms with E-state index in [-0.39, 0.29) is 5.91 Å². The van der Waals surface area contributed by atoms with Crippen LogP contribution < -0.4 is 5.32 Å². The van der Waals surface area contributed by atoms with E-state index in [1.807, 2.05) is 23.1 Å². The van der Waals surface area contributed by atoms with Gasteiger partial charge >= 0.3 is 0 Å². The molecule has 122 valence electrons. The molecule has 1 fully saturated rings. The maximum atomic E-state index is 12.7. The van der Waals surface area contributed by atoms with Gasteiger partial charge in [-0.25, -0.2) is 0 Å². The summed E-state index contributed by atoms with van der Waals surface area (Å²) in [6, 6.07) is 6.08. The topological polar surface area (TPSA) is 73.9 Å². The number of carbonyl (C=O) groups excluding carboxylic acids is 1. The number of amides is 1. The third kappa shape index (κ3) is 3.52. The van der Waals surface area contributed by atoms with Gasteiger partial charge in [-0.15, -0.1) is 10.2 Å². The van der Waals surface area contributed by atoms with Crippen molar-refractivity contribution in [2.45, 2.75) is 39.5 Å². The molecule has 0 spiro atoms. The molecule has 2 heterocycles. The first kappa shape index (κ1) is 15.5. The van der Waals surface area contributed by atoms with Crippen molar-refractivity contribution in [2.24, 2.45) is 0 Å². The monoisotopic (exact) mass is 313 g/mol. The summed E-state index contributed by atoms with van der Waals surface area (Å²) in [6.07, 6.45) is 4.50. The van der Waals surface area contributed by atoms with Crippen LogP contribution in [0.15, 0.2) is 18.2 Å². The number of hydrogen-bond acceptors (Lipinski definition) is 4. The van der Waals surface area contributed by atoms with Crippen LogP contribution in [-0.2, 0) is 0 Å². The van der Waals surface area contributed by atoms with Crippen molar-refractivity contribution in [3.8, 4) is 0 Å². The molecule has 23 heavy (non-hydrogen) atoms. The first-order valence-electron chi connectivity index (χ1n) is 8.19. The van der Waals surface area contributed by atoms with E-state index in [1.54, 1.807) is 0 Å². The minimum absolute atomic E-state index is 0.0491. The van der Waals surface area contributed by atoms with E-state index in [4.69, 9.17) is 0 Å². The summed E-state index contributed by atoms with van der Waals surface area (Å²) in [7, 11) is 0. The Bertz CT molecular complexity index is 686. The second kappa shape index (κ2) is 6.81. The van der Waals surface area contributed by atoms with Crippen molar-refractivity contribution >= 4 is 17.4 Å². The van der Waals surface area contributed by atoms with Crippen molar-refractivity contribution in [2.75, 3.05) is 18.4 Å². The maximum absolute atomic E-state index is 12.7. The van der Waals surface area contributed by atoms with Gasteiger partial charge in [0.15, 0.2) is 11.5 Å². The fourth-order valence-electron chi connectivity index (χ4n) is 2.85. The number of aromatic nitrogens is 3. The van der Waals surface area contributed by atoms with Crippen LogP contribution in [0.2, 0.25) is 0 Å². The zero-order valence-corrected chi connectivity index (χ0v) is 13.7. The largest absolute Gasteiger partial charge is 0.337 e. The maximum Gasteiger partial charge on any atom is 0.278 e. The van der Waals surface area contributed by atoms with Crippen LogP contribution in [0, 0.1) is 13.8 Å². The van der Waals surface area contributed by atoms with Crippen molar-refractivity contribution in [1.82, 2.24) is 20.3 Å². The van der Waals surface area contributed by atoms with Gasteiger partial charge in [-0.3, -0.25) is 4.79 Å². The fraction of sp³-hybridized carbons (Fsp3) is 0.471. The number of nitrogens with zero attached hydrogens (tertiary/aromatic N) is 3. The van der Waals surface area contributed by atoms with E-state index >= 15 is 0 Å². The van der Waals surface area contributed by atoms with Gasteiger partial charge in [0.25, 0.3) is 5.91 Å². The minimum Gasteiger partial charge on any atom is -0.337 e. The van der Waals surface area contributed by atoms with Crippen LogP contribution in [0.3, 0.4) is 0 Å². The highest BCUT2D eigenvalue weighted by molar-refractivity contribution is 5.97. The fourth-order valence-corrected chi connectivity index (χ4v) is 2.85. The predicted molar refractivity (Wildman–Crippen MR) is 90.0 cm³/mol. The molecule has 2 aromatic rings. The minimum atomic E-state index is -0.0491. The number of aromatic amines is 1. The van der Waals surface area contributed by atoms with Gasteiger partial charge < -0.3 is 10.2 Å². The molecule has 1 aliphatic heterocycles. The third-order valence-electron chi connectivity index (χ3n) is 4.41. The molecule has 0 radical (unpaired) electrons. The van der Waals surface area contributed by atoms with Gasteiger partial charge in [0.2, 0.25) is 0 Å². The van der Waals surface area contributed by atoms with Crippen LogP contribution in [-0.4, -0.2) is 39.3 Å². The van der Waals surface area contributed by atoms with Crippen LogP contribution >= 0.6 is 0 Å². The Labute approximate surface area is 136 Å². The summed E-state index contributed by atoms with van der Waals surface area (Å²) in [6.45, 7) is 5.74. The molecule has 0 saturated carbocycles. The molecule has 0 unspecified atom stereocenters. The molecule has 1 aliphatic rings. The Morgan fingerprint density at radius 2 is 1.83 bits per heavy atom. The van der Waals surface area contributed by atoms with Crippen molar-refractivity contribution in [1.29, 1.82) is 0 Å². The summed E-state index contributed by atoms with van der Waals surface area (Å²) in [5.74, 6) is 0.439. The number of nitrogens with one attached hydrogen (secondary N) is 2. The number of aryl methyl sites for hydroxylation is 2. The van der Waals surface area contributed by atoms with Gasteiger partial charge in [-0.05, 0) is 49.9 Å². The lowest BCUT2D eigenvalue weighted by Crippen LogP contribution is -2.32. The van der Waals surface area contributed by atoms with E-state index in [0.29, 0.717) is 11.5 Å². The van der Waals surface area contributed by atoms with Crippen molar-refractivity contribution < 1.29 is 4.79 Å². The number of benzene rings is 1. The molecule has 1 aromatic heterocycles. The average Bonchev–Trinajstić information content (AvgIpc) is 2.82. The first-order valence-corrected chi connectivity index (χ1v) is 8.19. The number of rotatable bonds is 3. The van der Waals surface area contributed by atoms with Crippen LogP contribution in [0.1, 0.15) is 47.3 Å². The zero-order valence-electron chi connectivity index (χ0n) is 13.7. The lowest BCUT2D eigenvalue weighted by Gasteiger charge is -2.19. The van der Waals surface area contributed by atoms with Crippen LogP contribution in [0.25, 0.3) is 0 Å². The summed E-state index contributed by atoms with van der Waals surface area (Å²) in [5.41, 5.74) is 3.70. The molecule has 2 N–H and O–H groups in total. The number of carbonyl (C=O) groups is 1. The Hall–Kier alpha value is -2.37. The zero-order chi connectivity index (χ0) is 16.2. The molecule has 6 heteroatoms. The van der Waals surface area contributed by atoms with E-state index in [1.165, 1.54) is 24.0 Å². The second-order valence-corrected chi connectivity index (χ2v) is 6.15. The third-order valence-corrected chi connectivity index (χ3v) is 4.41. The van der Waals surface area contributed by atoms with Crippen LogP contribution in [0.5, 0.6) is 0 Å². The summed E-state index contributed by atoms with van der Waals surface area (Å²) in [5, 5.41) is 14.0. The molecule has 3 rings (SSSR count). The number of anilines is 2. The molecule has 0 bridgehead atoms. The Balaban J connectivity index is 1.78. The lowest BCUT2D eigenvalue weighted by molar-refractivity contribution is 0.0756. The quantitative estimate of drug-likeness (QED) is 0.912. The summed E-state index contributed by atoms with van der Waals surface area (Å²) in [4.78, 5) is 14.6. The molecular formula is C17H23N5O. The van der Waals surface area contributed by atoms with Crippen LogP contribution in [0.4, 0.5) is 11.5 Å². The molecule has 6 nitrogen and oxygen atoms in total. The number of H-pyrrole nitrogens is 1. The average molecular weight is 313 g/mol. The SMILES string of the molecule is Cc1ccc(Nc2n[nH]nc2C(=O)N2CCCCCC2)cc1C. The smallest absolute Gasteiger partial charge is 0.278 e. The molecule has 1 saturated heterocycles. The van der Waals surface area contributed by atoms with Gasteiger partial charge in [0, 0.05) is 18.8 Å². The number of hydrogen-bond donors (Lipinski definition) is 2. The van der Waals surface area contributed by atoms with Gasteiger partial charge in [0.1, 0.15) is 0 Å². The highest BCUT2D eigenvalue weighted by atomic mass is 16.2. The molecular weight excluding hydrogens is 290 g/mol. The Morgan fingerprint density at radius 3 is 2.52 bits per heavy atom. The number of likely N-dealkylation sites (tertiary alicyclic amines) is 1. The second-order valence-electron chi connectivity index (χ2n) is 6.15. The van der Waals surface area contributed by atoms with Gasteiger partial charge in [-0.2, -0.15) is 5.21 Å². The van der Waals surface area contributed by atoms with Crippen molar-refractivity contribution in [3.63, 3.8) is 0 Å². The van der Waals surface area contributed by atoms with E-state index in [9.17, 15) is 4.79 Å². The van der Waals surface area contributed by atoms with Crippen molar-refractivity contribution in [3.05, 3.63) is 35.0 Å². The summed E-state index contributed by atoms with van der Waals surface area (Å²) < 4.78 is 0. The standard InChI is InChI=1S/C17H23N5O/c1-12-7-8-14(11-13(12)2)18-16-15(19-21-20-16)17(23)22-9-5-3-4-6-10-22/h7-8,11H,3-6,9-10H2,1-2H3,(H2,18,19,20,21). The summed E-state index contributed by atoms with van der Waals surface area (Å²) >= 11 is 0. The van der Waals surface area contributed by atoms with E-state index in [0.717, 1.165) is 31.6 Å². The predicted octanol–water partition coefficient (Wildman–Crippen LogP) is 3.18. The highest BCUT2D eigenvalue weighted by Gasteiger charge is 2.23. The van der Waals surface area contributed by atoms with Gasteiger partial charge in [0.05, 0.1) is 0 Å². The molecule has 1 aromatic carbocycles. The Morgan fingerprint density at radius 1 is 1.09 bits per heavy atom. The Kier molecular flexibility index (Phi) is 4.60. The molecule has 0 aliphatic carbocycles. The molecule has 0 atom stereocenters. The van der Waals surface area contributed by atoms with E-state index < -0.39 is 0 Å². The van der Waals surface area contributed by atoms with E-state index in [2.05, 4.69) is 34.6 Å². The first-order chi connectivity index (χ1) is 11.1. The van der Waals surface area contributed by atoms with Gasteiger partial charge in [-0.1, -0.05) is 18.9 Å². The lowest BCUT2D eigenvalue weighted by atomic mass is 10.1.